The molecule has 0 saturated heterocycles. The molecule has 0 atom stereocenters. The fourth-order valence-electron chi connectivity index (χ4n) is 3.94. The number of nitrogens with zero attached hydrogens (tertiary/aromatic N) is 7. The van der Waals surface area contributed by atoms with E-state index < -0.39 is 0 Å². The predicted octanol–water partition coefficient (Wildman–Crippen LogP) is 4.88. The molecule has 2 aromatic carbocycles. The number of benzene rings is 2. The van der Waals surface area contributed by atoms with Crippen LogP contribution in [0.25, 0.3) is 11.4 Å². The van der Waals surface area contributed by atoms with Gasteiger partial charge in [-0.1, -0.05) is 60.7 Å². The average Bonchev–Trinajstić information content (AvgIpc) is 3.43. The van der Waals surface area contributed by atoms with E-state index in [9.17, 15) is 0 Å². The highest BCUT2D eigenvalue weighted by molar-refractivity contribution is 6.54. The SMILES string of the molecule is CCN(CC)c1ccc(N=C2C(c3ccccc3)=Nn3c2nnc3-c2ccccc2)c(C)n1. The van der Waals surface area contributed by atoms with Gasteiger partial charge in [0.25, 0.3) is 0 Å². The van der Waals surface area contributed by atoms with Crippen LogP contribution in [0.3, 0.4) is 0 Å². The minimum Gasteiger partial charge on any atom is -0.357 e. The Morgan fingerprint density at radius 3 is 2.06 bits per heavy atom. The Kier molecular flexibility index (Phi) is 5.52. The molecular weight excluding hydrogens is 410 g/mol. The second-order valence-electron chi connectivity index (χ2n) is 7.75. The van der Waals surface area contributed by atoms with Crippen molar-refractivity contribution in [1.82, 2.24) is 19.9 Å². The van der Waals surface area contributed by atoms with Crippen LogP contribution in [-0.4, -0.2) is 44.4 Å². The lowest BCUT2D eigenvalue weighted by Gasteiger charge is -2.20. The van der Waals surface area contributed by atoms with Gasteiger partial charge in [-0.25, -0.2) is 9.98 Å². The van der Waals surface area contributed by atoms with Crippen LogP contribution in [0.2, 0.25) is 0 Å². The van der Waals surface area contributed by atoms with Crippen LogP contribution in [0.15, 0.2) is 82.9 Å². The molecule has 7 nitrogen and oxygen atoms in total. The molecule has 0 spiro atoms. The van der Waals surface area contributed by atoms with E-state index in [0.29, 0.717) is 17.4 Å². The van der Waals surface area contributed by atoms with E-state index in [1.807, 2.05) is 79.7 Å². The Bertz CT molecular complexity index is 1330. The third-order valence-corrected chi connectivity index (χ3v) is 5.72. The van der Waals surface area contributed by atoms with E-state index in [-0.39, 0.29) is 0 Å². The zero-order chi connectivity index (χ0) is 22.8. The normalized spacial score (nSPS) is 13.8. The highest BCUT2D eigenvalue weighted by Gasteiger charge is 2.30. The summed E-state index contributed by atoms with van der Waals surface area (Å²) >= 11 is 0. The molecule has 0 aliphatic carbocycles. The molecule has 5 rings (SSSR count). The Balaban J connectivity index is 1.63. The van der Waals surface area contributed by atoms with Crippen molar-refractivity contribution >= 4 is 22.9 Å². The maximum absolute atomic E-state index is 5.00. The highest BCUT2D eigenvalue weighted by atomic mass is 15.5. The molecule has 0 unspecified atom stereocenters. The van der Waals surface area contributed by atoms with E-state index in [4.69, 9.17) is 15.1 Å². The standard InChI is InChI=1S/C26H25N7/c1-4-32(5-2)22-17-16-21(18(3)27-22)28-24-23(19-12-8-6-9-13-19)31-33-25(29-30-26(24)33)20-14-10-7-11-15-20/h6-17H,4-5H2,1-3H3. The number of anilines is 1. The average molecular weight is 436 g/mol. The molecule has 3 heterocycles. The minimum atomic E-state index is 0.625. The quantitative estimate of drug-likeness (QED) is 0.433. The molecule has 33 heavy (non-hydrogen) atoms. The molecule has 0 N–H and O–H groups in total. The van der Waals surface area contributed by atoms with E-state index in [2.05, 4.69) is 28.9 Å². The van der Waals surface area contributed by atoms with Crippen LogP contribution in [0.5, 0.6) is 0 Å². The molecule has 1 aliphatic rings. The van der Waals surface area contributed by atoms with Crippen LogP contribution in [-0.2, 0) is 0 Å². The first-order valence-electron chi connectivity index (χ1n) is 11.2. The maximum atomic E-state index is 5.00. The van der Waals surface area contributed by atoms with Crippen molar-refractivity contribution in [3.63, 3.8) is 0 Å². The van der Waals surface area contributed by atoms with E-state index >= 15 is 0 Å². The fraction of sp³-hybridized carbons (Fsp3) is 0.192. The first kappa shape index (κ1) is 20.8. The van der Waals surface area contributed by atoms with Crippen LogP contribution in [0.4, 0.5) is 11.5 Å². The van der Waals surface area contributed by atoms with Crippen molar-refractivity contribution in [2.75, 3.05) is 18.0 Å². The zero-order valence-electron chi connectivity index (χ0n) is 19.0. The van der Waals surface area contributed by atoms with Gasteiger partial charge >= 0.3 is 0 Å². The Morgan fingerprint density at radius 2 is 1.42 bits per heavy atom. The Morgan fingerprint density at radius 1 is 0.788 bits per heavy atom. The van der Waals surface area contributed by atoms with Gasteiger partial charge < -0.3 is 4.90 Å². The molecule has 0 bridgehead atoms. The Hall–Kier alpha value is -4.13. The number of fused-ring (bicyclic) bond motifs is 1. The molecular formula is C26H25N7. The van der Waals surface area contributed by atoms with Crippen LogP contribution in [0, 0.1) is 6.92 Å². The number of aliphatic imine (C=N–C) groups is 1. The number of hydrogen-bond acceptors (Lipinski definition) is 6. The van der Waals surface area contributed by atoms with Gasteiger partial charge in [-0.05, 0) is 32.9 Å². The molecule has 1 aliphatic heterocycles. The van der Waals surface area contributed by atoms with Gasteiger partial charge in [0.2, 0.25) is 5.82 Å². The molecule has 2 aromatic heterocycles. The first-order chi connectivity index (χ1) is 16.2. The number of hydrogen-bond donors (Lipinski definition) is 0. The number of aromatic nitrogens is 4. The first-order valence-corrected chi connectivity index (χ1v) is 11.2. The third kappa shape index (κ3) is 3.82. The lowest BCUT2D eigenvalue weighted by molar-refractivity contribution is 0.842. The minimum absolute atomic E-state index is 0.625. The highest BCUT2D eigenvalue weighted by Crippen LogP contribution is 2.27. The lowest BCUT2D eigenvalue weighted by atomic mass is 10.1. The van der Waals surface area contributed by atoms with Crippen LogP contribution in [0.1, 0.15) is 30.9 Å². The van der Waals surface area contributed by atoms with E-state index in [0.717, 1.165) is 47.1 Å². The maximum Gasteiger partial charge on any atom is 0.206 e. The summed E-state index contributed by atoms with van der Waals surface area (Å²) < 4.78 is 1.78. The molecule has 0 radical (unpaired) electrons. The van der Waals surface area contributed by atoms with Gasteiger partial charge in [0.15, 0.2) is 5.82 Å². The van der Waals surface area contributed by atoms with Crippen molar-refractivity contribution in [1.29, 1.82) is 0 Å². The van der Waals surface area contributed by atoms with Crippen molar-refractivity contribution in [2.24, 2.45) is 10.1 Å². The fourth-order valence-corrected chi connectivity index (χ4v) is 3.94. The van der Waals surface area contributed by atoms with E-state index in [1.165, 1.54) is 0 Å². The predicted molar refractivity (Wildman–Crippen MR) is 133 cm³/mol. The van der Waals surface area contributed by atoms with Gasteiger partial charge in [-0.3, -0.25) is 0 Å². The molecule has 7 heteroatoms. The van der Waals surface area contributed by atoms with Crippen molar-refractivity contribution in [3.05, 3.63) is 89.9 Å². The third-order valence-electron chi connectivity index (χ3n) is 5.72. The smallest absolute Gasteiger partial charge is 0.206 e. The summed E-state index contributed by atoms with van der Waals surface area (Å²) in [5, 5.41) is 13.8. The van der Waals surface area contributed by atoms with Crippen LogP contribution < -0.4 is 4.90 Å². The molecule has 0 amide bonds. The number of aryl methyl sites for hydroxylation is 1. The largest absolute Gasteiger partial charge is 0.357 e. The monoisotopic (exact) mass is 435 g/mol. The summed E-state index contributed by atoms with van der Waals surface area (Å²) in [5.74, 6) is 2.27. The van der Waals surface area contributed by atoms with Gasteiger partial charge in [0, 0.05) is 24.2 Å². The summed E-state index contributed by atoms with van der Waals surface area (Å²) in [4.78, 5) is 12.0. The molecule has 164 valence electrons. The zero-order valence-corrected chi connectivity index (χ0v) is 19.0. The molecule has 0 fully saturated rings. The van der Waals surface area contributed by atoms with Gasteiger partial charge in [-0.2, -0.15) is 9.78 Å². The summed E-state index contributed by atoms with van der Waals surface area (Å²) in [7, 11) is 0. The van der Waals surface area contributed by atoms with Crippen molar-refractivity contribution < 1.29 is 0 Å². The van der Waals surface area contributed by atoms with Crippen molar-refractivity contribution in [2.45, 2.75) is 20.8 Å². The Labute approximate surface area is 193 Å². The lowest BCUT2D eigenvalue weighted by Crippen LogP contribution is -2.23. The topological polar surface area (TPSA) is 71.6 Å². The number of rotatable bonds is 6. The van der Waals surface area contributed by atoms with Gasteiger partial charge in [-0.15, -0.1) is 10.2 Å². The number of pyridine rings is 1. The summed E-state index contributed by atoms with van der Waals surface area (Å²) in [6, 6.07) is 24.0. The summed E-state index contributed by atoms with van der Waals surface area (Å²) in [6.07, 6.45) is 0. The molecule has 4 aromatic rings. The summed E-state index contributed by atoms with van der Waals surface area (Å²) in [6.45, 7) is 8.07. The van der Waals surface area contributed by atoms with Crippen molar-refractivity contribution in [3.8, 4) is 11.4 Å². The second-order valence-corrected chi connectivity index (χ2v) is 7.75. The van der Waals surface area contributed by atoms with Gasteiger partial charge in [0.1, 0.15) is 17.2 Å². The summed E-state index contributed by atoms with van der Waals surface area (Å²) in [5.41, 5.74) is 5.05. The van der Waals surface area contributed by atoms with Crippen LogP contribution >= 0.6 is 0 Å². The van der Waals surface area contributed by atoms with Gasteiger partial charge in [0.05, 0.1) is 11.4 Å². The molecule has 0 saturated carbocycles. The second kappa shape index (κ2) is 8.78. The van der Waals surface area contributed by atoms with E-state index in [1.54, 1.807) is 4.68 Å².